The van der Waals surface area contributed by atoms with E-state index in [2.05, 4.69) is 32.9 Å². The van der Waals surface area contributed by atoms with Gasteiger partial charge >= 0.3 is 0 Å². The number of Topliss-reactive ketones (excluding diaryl/α,β-unsaturated/α-hetero) is 1. The molecule has 0 amide bonds. The van der Waals surface area contributed by atoms with Gasteiger partial charge in [-0.15, -0.1) is 0 Å². The summed E-state index contributed by atoms with van der Waals surface area (Å²) in [5.74, 6) is 2.19. The van der Waals surface area contributed by atoms with Gasteiger partial charge in [0.15, 0.2) is 5.78 Å². The van der Waals surface area contributed by atoms with Gasteiger partial charge in [0.1, 0.15) is 11.5 Å². The van der Waals surface area contributed by atoms with E-state index in [1.54, 1.807) is 0 Å². The lowest BCUT2D eigenvalue weighted by molar-refractivity contribution is -0.116. The second-order valence-electron chi connectivity index (χ2n) is 10.5. The number of hydrogen-bond donors (Lipinski definition) is 0. The highest BCUT2D eigenvalue weighted by Crippen LogP contribution is 2.36. The Morgan fingerprint density at radius 2 is 1.29 bits per heavy atom. The molecule has 1 aromatic rings. The van der Waals surface area contributed by atoms with E-state index in [4.69, 9.17) is 4.74 Å². The lowest BCUT2D eigenvalue weighted by atomic mass is 9.89. The highest BCUT2D eigenvalue weighted by molar-refractivity contribution is 5.96. The maximum Gasteiger partial charge on any atom is 0.162 e. The summed E-state index contributed by atoms with van der Waals surface area (Å²) in [6.45, 7) is 8.78. The van der Waals surface area contributed by atoms with Crippen molar-refractivity contribution < 1.29 is 9.53 Å². The van der Waals surface area contributed by atoms with Crippen molar-refractivity contribution in [2.24, 2.45) is 0 Å². The van der Waals surface area contributed by atoms with Gasteiger partial charge in [-0.25, -0.2) is 0 Å². The molecule has 1 aliphatic rings. The average molecular weight is 469 g/mol. The molecule has 34 heavy (non-hydrogen) atoms. The van der Waals surface area contributed by atoms with Crippen LogP contribution in [0.15, 0.2) is 23.5 Å². The molecule has 0 unspecified atom stereocenters. The van der Waals surface area contributed by atoms with Crippen molar-refractivity contribution >= 4 is 5.78 Å². The van der Waals surface area contributed by atoms with Crippen molar-refractivity contribution in [1.29, 1.82) is 0 Å². The molecule has 1 aromatic carbocycles. The fourth-order valence-corrected chi connectivity index (χ4v) is 5.14. The van der Waals surface area contributed by atoms with Crippen LogP contribution in [0.4, 0.5) is 0 Å². The van der Waals surface area contributed by atoms with Crippen molar-refractivity contribution in [3.05, 3.63) is 40.2 Å². The molecule has 0 aromatic heterocycles. The first-order valence-corrected chi connectivity index (χ1v) is 14.7. The Bertz CT molecular complexity index is 759. The molecule has 0 radical (unpaired) electrons. The molecule has 2 heteroatoms. The Hall–Kier alpha value is -1.57. The third kappa shape index (κ3) is 9.96. The van der Waals surface area contributed by atoms with E-state index in [9.17, 15) is 4.79 Å². The number of allylic oxidation sites excluding steroid dienone is 2. The quantitative estimate of drug-likeness (QED) is 0.189. The zero-order valence-corrected chi connectivity index (χ0v) is 22.9. The number of ether oxygens (including phenoxy) is 1. The number of ketones is 1. The Morgan fingerprint density at radius 1 is 0.735 bits per heavy atom. The summed E-state index contributed by atoms with van der Waals surface area (Å²) in [4.78, 5) is 13.0. The standard InChI is InChI=1S/C32H52O2/c1-5-8-11-14-17-20-27-23-28(21-18-15-12-9-6-2)32-29(24-27)25-30(26(4)34-32)31(33)22-19-16-13-10-7-3/h23-24H,5-22,25H2,1-4H3. The predicted octanol–water partition coefficient (Wildman–Crippen LogP) is 9.85. The first-order valence-electron chi connectivity index (χ1n) is 14.7. The molecule has 1 heterocycles. The summed E-state index contributed by atoms with van der Waals surface area (Å²) < 4.78 is 6.39. The van der Waals surface area contributed by atoms with E-state index in [1.807, 2.05) is 6.92 Å². The summed E-state index contributed by atoms with van der Waals surface area (Å²) in [5, 5.41) is 0. The molecule has 0 saturated heterocycles. The van der Waals surface area contributed by atoms with Crippen LogP contribution in [-0.2, 0) is 24.1 Å². The highest BCUT2D eigenvalue weighted by Gasteiger charge is 2.24. The van der Waals surface area contributed by atoms with Crippen LogP contribution < -0.4 is 4.74 Å². The maximum absolute atomic E-state index is 13.0. The van der Waals surface area contributed by atoms with Crippen molar-refractivity contribution in [3.63, 3.8) is 0 Å². The van der Waals surface area contributed by atoms with Crippen LogP contribution in [0.25, 0.3) is 0 Å². The number of aryl methyl sites for hydroxylation is 2. The van der Waals surface area contributed by atoms with Gasteiger partial charge in [-0.3, -0.25) is 4.79 Å². The van der Waals surface area contributed by atoms with E-state index in [1.165, 1.54) is 100 Å². The Labute approximate surface area is 210 Å². The molecule has 0 aliphatic carbocycles. The van der Waals surface area contributed by atoms with Gasteiger partial charge < -0.3 is 4.74 Å². The Balaban J connectivity index is 2.08. The number of fused-ring (bicyclic) bond motifs is 1. The van der Waals surface area contributed by atoms with Crippen LogP contribution >= 0.6 is 0 Å². The fourth-order valence-electron chi connectivity index (χ4n) is 5.14. The number of hydrogen-bond acceptors (Lipinski definition) is 2. The van der Waals surface area contributed by atoms with Crippen LogP contribution in [-0.4, -0.2) is 5.78 Å². The van der Waals surface area contributed by atoms with Crippen molar-refractivity contribution in [3.8, 4) is 5.75 Å². The summed E-state index contributed by atoms with van der Waals surface area (Å²) in [7, 11) is 0. The first kappa shape index (κ1) is 28.7. The van der Waals surface area contributed by atoms with Crippen molar-refractivity contribution in [2.75, 3.05) is 0 Å². The lowest BCUT2D eigenvalue weighted by Crippen LogP contribution is -2.17. The zero-order chi connectivity index (χ0) is 24.6. The van der Waals surface area contributed by atoms with Crippen LogP contribution in [0.5, 0.6) is 5.75 Å². The molecule has 2 nitrogen and oxygen atoms in total. The minimum atomic E-state index is 0.297. The van der Waals surface area contributed by atoms with E-state index < -0.39 is 0 Å². The van der Waals surface area contributed by atoms with Crippen molar-refractivity contribution in [1.82, 2.24) is 0 Å². The SMILES string of the molecule is CCCCCCCC(=O)C1=C(C)Oc2c(CCCCCCC)cc(CCCCCCC)cc2C1. The third-order valence-electron chi connectivity index (χ3n) is 7.31. The smallest absolute Gasteiger partial charge is 0.162 e. The molecular formula is C32H52O2. The fraction of sp³-hybridized carbons (Fsp3) is 0.719. The first-order chi connectivity index (χ1) is 16.6. The minimum absolute atomic E-state index is 0.297. The van der Waals surface area contributed by atoms with Crippen LogP contribution in [0.2, 0.25) is 0 Å². The average Bonchev–Trinajstić information content (AvgIpc) is 2.83. The largest absolute Gasteiger partial charge is 0.461 e. The second kappa shape index (κ2) is 17.0. The van der Waals surface area contributed by atoms with Gasteiger partial charge in [0.2, 0.25) is 0 Å². The highest BCUT2D eigenvalue weighted by atomic mass is 16.5. The summed E-state index contributed by atoms with van der Waals surface area (Å²) in [5.41, 5.74) is 4.96. The van der Waals surface area contributed by atoms with E-state index >= 15 is 0 Å². The van der Waals surface area contributed by atoms with Gasteiger partial charge in [0.25, 0.3) is 0 Å². The van der Waals surface area contributed by atoms with Crippen LogP contribution in [0.1, 0.15) is 147 Å². The molecule has 1 aliphatic heterocycles. The molecule has 0 bridgehead atoms. The molecule has 0 saturated carbocycles. The van der Waals surface area contributed by atoms with Crippen LogP contribution in [0, 0.1) is 0 Å². The monoisotopic (exact) mass is 468 g/mol. The number of benzene rings is 1. The summed E-state index contributed by atoms with van der Waals surface area (Å²) in [6.07, 6.45) is 22.6. The summed E-state index contributed by atoms with van der Waals surface area (Å²) in [6, 6.07) is 4.75. The predicted molar refractivity (Wildman–Crippen MR) is 147 cm³/mol. The molecular weight excluding hydrogens is 416 g/mol. The molecule has 2 rings (SSSR count). The van der Waals surface area contributed by atoms with Crippen LogP contribution in [0.3, 0.4) is 0 Å². The Kier molecular flexibility index (Phi) is 14.3. The van der Waals surface area contributed by atoms with Gasteiger partial charge in [0, 0.05) is 18.4 Å². The lowest BCUT2D eigenvalue weighted by Gasteiger charge is -2.25. The third-order valence-corrected chi connectivity index (χ3v) is 7.31. The van der Waals surface area contributed by atoms with E-state index in [-0.39, 0.29) is 0 Å². The second-order valence-corrected chi connectivity index (χ2v) is 10.5. The molecule has 192 valence electrons. The molecule has 0 atom stereocenters. The van der Waals surface area contributed by atoms with E-state index in [0.29, 0.717) is 12.2 Å². The molecule has 0 N–H and O–H groups in total. The zero-order valence-electron chi connectivity index (χ0n) is 22.9. The van der Waals surface area contributed by atoms with Gasteiger partial charge in [0.05, 0.1) is 0 Å². The normalized spacial score (nSPS) is 13.2. The maximum atomic E-state index is 13.0. The topological polar surface area (TPSA) is 26.3 Å². The molecule has 0 fully saturated rings. The van der Waals surface area contributed by atoms with Crippen molar-refractivity contribution in [2.45, 2.75) is 150 Å². The molecule has 0 spiro atoms. The van der Waals surface area contributed by atoms with Gasteiger partial charge in [-0.1, -0.05) is 110 Å². The number of rotatable bonds is 19. The van der Waals surface area contributed by atoms with Gasteiger partial charge in [-0.05, 0) is 55.7 Å². The summed E-state index contributed by atoms with van der Waals surface area (Å²) >= 11 is 0. The van der Waals surface area contributed by atoms with E-state index in [0.717, 1.165) is 49.2 Å². The number of unbranched alkanes of at least 4 members (excludes halogenated alkanes) is 12. The number of carbonyl (C=O) groups excluding carboxylic acids is 1. The minimum Gasteiger partial charge on any atom is -0.461 e. The van der Waals surface area contributed by atoms with Gasteiger partial charge in [-0.2, -0.15) is 0 Å². The number of carbonyl (C=O) groups is 1. The Morgan fingerprint density at radius 3 is 1.91 bits per heavy atom.